The molecule has 118 valence electrons. The second kappa shape index (κ2) is 5.69. The molecule has 0 radical (unpaired) electrons. The van der Waals surface area contributed by atoms with Gasteiger partial charge in [0.05, 0.1) is 5.54 Å². The van der Waals surface area contributed by atoms with Crippen molar-refractivity contribution in [1.29, 1.82) is 0 Å². The van der Waals surface area contributed by atoms with E-state index in [4.69, 9.17) is 15.0 Å². The summed E-state index contributed by atoms with van der Waals surface area (Å²) in [6, 6.07) is 0. The summed E-state index contributed by atoms with van der Waals surface area (Å²) < 4.78 is 11.4. The molecule has 1 aromatic heterocycles. The maximum Gasteiger partial charge on any atom is 0.246 e. The molecule has 0 aromatic carbocycles. The lowest BCUT2D eigenvalue weighted by Gasteiger charge is -2.36. The fourth-order valence-corrected chi connectivity index (χ4v) is 3.99. The highest BCUT2D eigenvalue weighted by Gasteiger charge is 2.43. The lowest BCUT2D eigenvalue weighted by molar-refractivity contribution is -0.0658. The first-order valence-corrected chi connectivity index (χ1v) is 8.27. The molecule has 21 heavy (non-hydrogen) atoms. The summed E-state index contributed by atoms with van der Waals surface area (Å²) in [6.07, 6.45) is 9.71. The summed E-state index contributed by atoms with van der Waals surface area (Å²) in [5.74, 6) is 1.93. The van der Waals surface area contributed by atoms with Crippen LogP contribution in [0.3, 0.4) is 0 Å². The van der Waals surface area contributed by atoms with Crippen molar-refractivity contribution in [3.8, 4) is 0 Å². The molecule has 2 unspecified atom stereocenters. The van der Waals surface area contributed by atoms with E-state index in [1.165, 1.54) is 12.8 Å². The van der Waals surface area contributed by atoms with Crippen LogP contribution in [0.4, 0.5) is 0 Å². The molecule has 0 amide bonds. The second-order valence-corrected chi connectivity index (χ2v) is 7.04. The third-order valence-corrected chi connectivity index (χ3v) is 5.35. The zero-order chi connectivity index (χ0) is 14.9. The number of nitrogens with two attached hydrogens (primary N) is 1. The summed E-state index contributed by atoms with van der Waals surface area (Å²) >= 11 is 0. The Morgan fingerprint density at radius 2 is 1.95 bits per heavy atom. The van der Waals surface area contributed by atoms with Crippen LogP contribution in [0, 0.1) is 5.92 Å². The first-order chi connectivity index (χ1) is 10.1. The van der Waals surface area contributed by atoms with Crippen LogP contribution in [0.25, 0.3) is 0 Å². The standard InChI is InChI=1S/C16H27N3O2/c1-12-7-6-10-16(11-12,20-2)13-18-14(21-19-13)15(17)8-4-3-5-9-15/h12H,3-11,17H2,1-2H3. The molecule has 2 aliphatic rings. The third-order valence-electron chi connectivity index (χ3n) is 5.35. The van der Waals surface area contributed by atoms with Gasteiger partial charge in [0.15, 0.2) is 0 Å². The molecule has 2 fully saturated rings. The minimum atomic E-state index is -0.432. The quantitative estimate of drug-likeness (QED) is 0.926. The molecule has 2 N–H and O–H groups in total. The fraction of sp³-hybridized carbons (Fsp3) is 0.875. The van der Waals surface area contributed by atoms with Gasteiger partial charge in [-0.05, 0) is 38.0 Å². The highest BCUT2D eigenvalue weighted by atomic mass is 16.5. The maximum atomic E-state index is 6.50. The monoisotopic (exact) mass is 293 g/mol. The van der Waals surface area contributed by atoms with Crippen LogP contribution in [-0.4, -0.2) is 17.3 Å². The highest BCUT2D eigenvalue weighted by Crippen LogP contribution is 2.42. The molecular weight excluding hydrogens is 266 g/mol. The summed E-state index contributed by atoms with van der Waals surface area (Å²) in [6.45, 7) is 2.26. The van der Waals surface area contributed by atoms with Crippen molar-refractivity contribution < 1.29 is 9.26 Å². The smallest absolute Gasteiger partial charge is 0.246 e. The van der Waals surface area contributed by atoms with Gasteiger partial charge < -0.3 is 15.0 Å². The van der Waals surface area contributed by atoms with Crippen molar-refractivity contribution in [3.63, 3.8) is 0 Å². The van der Waals surface area contributed by atoms with E-state index in [0.717, 1.165) is 44.9 Å². The van der Waals surface area contributed by atoms with Crippen LogP contribution in [0.2, 0.25) is 0 Å². The summed E-state index contributed by atoms with van der Waals surface area (Å²) in [7, 11) is 1.76. The van der Waals surface area contributed by atoms with Gasteiger partial charge in [-0.25, -0.2) is 0 Å². The molecule has 0 bridgehead atoms. The largest absolute Gasteiger partial charge is 0.370 e. The van der Waals surface area contributed by atoms with Crippen LogP contribution in [0.15, 0.2) is 4.52 Å². The van der Waals surface area contributed by atoms with E-state index in [0.29, 0.717) is 17.6 Å². The van der Waals surface area contributed by atoms with Crippen molar-refractivity contribution >= 4 is 0 Å². The molecule has 0 saturated heterocycles. The molecule has 0 spiro atoms. The molecule has 2 atom stereocenters. The molecule has 5 heteroatoms. The van der Waals surface area contributed by atoms with Gasteiger partial charge in [-0.15, -0.1) is 0 Å². The summed E-state index contributed by atoms with van der Waals surface area (Å²) in [5, 5.41) is 4.25. The number of methoxy groups -OCH3 is 1. The normalized spacial score (nSPS) is 33.0. The SMILES string of the molecule is COC1(c2noc(C3(N)CCCCC3)n2)CCCC(C)C1. The first-order valence-electron chi connectivity index (χ1n) is 8.27. The molecule has 1 aromatic rings. The zero-order valence-electron chi connectivity index (χ0n) is 13.2. The van der Waals surface area contributed by atoms with Gasteiger partial charge in [0.2, 0.25) is 11.7 Å². The zero-order valence-corrected chi connectivity index (χ0v) is 13.2. The topological polar surface area (TPSA) is 74.2 Å². The van der Waals surface area contributed by atoms with Crippen molar-refractivity contribution in [2.75, 3.05) is 7.11 Å². The van der Waals surface area contributed by atoms with Gasteiger partial charge >= 0.3 is 0 Å². The van der Waals surface area contributed by atoms with Crippen molar-refractivity contribution in [2.24, 2.45) is 11.7 Å². The Morgan fingerprint density at radius 3 is 2.62 bits per heavy atom. The van der Waals surface area contributed by atoms with Crippen LogP contribution < -0.4 is 5.73 Å². The van der Waals surface area contributed by atoms with E-state index in [-0.39, 0.29) is 5.60 Å². The number of hydrogen-bond acceptors (Lipinski definition) is 5. The Morgan fingerprint density at radius 1 is 1.19 bits per heavy atom. The number of nitrogens with zero attached hydrogens (tertiary/aromatic N) is 2. The van der Waals surface area contributed by atoms with E-state index in [1.807, 2.05) is 0 Å². The molecule has 2 aliphatic carbocycles. The van der Waals surface area contributed by atoms with Crippen LogP contribution in [0.5, 0.6) is 0 Å². The van der Waals surface area contributed by atoms with Crippen molar-refractivity contribution in [2.45, 2.75) is 75.9 Å². The van der Waals surface area contributed by atoms with Crippen LogP contribution >= 0.6 is 0 Å². The molecule has 0 aliphatic heterocycles. The van der Waals surface area contributed by atoms with Gasteiger partial charge in [-0.3, -0.25) is 0 Å². The fourth-order valence-electron chi connectivity index (χ4n) is 3.99. The Hall–Kier alpha value is -0.940. The molecular formula is C16H27N3O2. The Bertz CT molecular complexity index is 482. The number of aromatic nitrogens is 2. The third kappa shape index (κ3) is 2.73. The van der Waals surface area contributed by atoms with E-state index >= 15 is 0 Å². The first kappa shape index (κ1) is 15.0. The predicted molar refractivity (Wildman–Crippen MR) is 79.6 cm³/mol. The average Bonchev–Trinajstić information content (AvgIpc) is 2.99. The lowest BCUT2D eigenvalue weighted by Crippen LogP contribution is -2.39. The molecule has 1 heterocycles. The predicted octanol–water partition coefficient (Wildman–Crippen LogP) is 3.24. The highest BCUT2D eigenvalue weighted by molar-refractivity contribution is 5.09. The van der Waals surface area contributed by atoms with Gasteiger partial charge in [0.1, 0.15) is 5.60 Å². The van der Waals surface area contributed by atoms with Crippen molar-refractivity contribution in [3.05, 3.63) is 11.7 Å². The van der Waals surface area contributed by atoms with E-state index in [1.54, 1.807) is 7.11 Å². The van der Waals surface area contributed by atoms with Gasteiger partial charge in [0, 0.05) is 7.11 Å². The Kier molecular flexibility index (Phi) is 4.06. The Labute approximate surface area is 126 Å². The lowest BCUT2D eigenvalue weighted by atomic mass is 9.78. The molecule has 3 rings (SSSR count). The van der Waals surface area contributed by atoms with Crippen LogP contribution in [-0.2, 0) is 15.9 Å². The summed E-state index contributed by atoms with van der Waals surface area (Å²) in [5.41, 5.74) is 5.68. The van der Waals surface area contributed by atoms with E-state index < -0.39 is 5.54 Å². The second-order valence-electron chi connectivity index (χ2n) is 7.04. The number of hydrogen-bond donors (Lipinski definition) is 1. The number of ether oxygens (including phenoxy) is 1. The maximum absolute atomic E-state index is 6.50. The average molecular weight is 293 g/mol. The number of rotatable bonds is 3. The van der Waals surface area contributed by atoms with E-state index in [2.05, 4.69) is 17.1 Å². The molecule has 5 nitrogen and oxygen atoms in total. The van der Waals surface area contributed by atoms with Gasteiger partial charge in [-0.1, -0.05) is 37.8 Å². The summed E-state index contributed by atoms with van der Waals surface area (Å²) in [4.78, 5) is 4.68. The Balaban J connectivity index is 1.86. The van der Waals surface area contributed by atoms with Crippen molar-refractivity contribution in [1.82, 2.24) is 10.1 Å². The molecule has 2 saturated carbocycles. The minimum absolute atomic E-state index is 0.384. The van der Waals surface area contributed by atoms with E-state index in [9.17, 15) is 0 Å². The van der Waals surface area contributed by atoms with Crippen LogP contribution in [0.1, 0.15) is 76.4 Å². The van der Waals surface area contributed by atoms with Gasteiger partial charge in [0.25, 0.3) is 0 Å². The minimum Gasteiger partial charge on any atom is -0.370 e. The van der Waals surface area contributed by atoms with Gasteiger partial charge in [-0.2, -0.15) is 4.98 Å².